The standard InChI is InChI=1S/C12H17N5O2S2/c1-21(18,19)12-11(15-16-20-12)9-3-2-6-17(7-9)8-10-13-4-5-14-10/h4-5,9H,2-3,6-8H2,1H3,(H,13,14)/t9-/m1/s1. The Morgan fingerprint density at radius 1 is 1.52 bits per heavy atom. The molecular weight excluding hydrogens is 310 g/mol. The normalized spacial score (nSPS) is 20.7. The van der Waals surface area contributed by atoms with Gasteiger partial charge in [-0.2, -0.15) is 0 Å². The van der Waals surface area contributed by atoms with Gasteiger partial charge < -0.3 is 4.98 Å². The Labute approximate surface area is 127 Å². The number of hydrogen-bond acceptors (Lipinski definition) is 7. The van der Waals surface area contributed by atoms with Gasteiger partial charge >= 0.3 is 0 Å². The second kappa shape index (κ2) is 5.82. The molecule has 0 aliphatic carbocycles. The monoisotopic (exact) mass is 327 g/mol. The fraction of sp³-hybridized carbons (Fsp3) is 0.583. The van der Waals surface area contributed by atoms with Gasteiger partial charge in [-0.3, -0.25) is 4.90 Å². The number of H-pyrrole nitrogens is 1. The van der Waals surface area contributed by atoms with Gasteiger partial charge in [-0.15, -0.1) is 5.10 Å². The summed E-state index contributed by atoms with van der Waals surface area (Å²) in [5, 5.41) is 4.08. The lowest BCUT2D eigenvalue weighted by Gasteiger charge is -2.31. The fourth-order valence-corrected chi connectivity index (χ4v) is 4.45. The van der Waals surface area contributed by atoms with Gasteiger partial charge in [0.2, 0.25) is 0 Å². The zero-order valence-corrected chi connectivity index (χ0v) is 13.3. The SMILES string of the molecule is CS(=O)(=O)c1snnc1[C@@H]1CCCN(Cc2ncc[nH]2)C1. The summed E-state index contributed by atoms with van der Waals surface area (Å²) in [5.41, 5.74) is 0.631. The first-order valence-electron chi connectivity index (χ1n) is 6.77. The molecule has 114 valence electrons. The minimum atomic E-state index is -3.25. The summed E-state index contributed by atoms with van der Waals surface area (Å²) in [6.07, 6.45) is 6.73. The lowest BCUT2D eigenvalue weighted by Crippen LogP contribution is -2.34. The van der Waals surface area contributed by atoms with E-state index in [0.717, 1.165) is 49.8 Å². The molecule has 2 aromatic rings. The molecule has 7 nitrogen and oxygen atoms in total. The van der Waals surface area contributed by atoms with Crippen molar-refractivity contribution in [2.45, 2.75) is 29.5 Å². The minimum absolute atomic E-state index is 0.122. The minimum Gasteiger partial charge on any atom is -0.348 e. The number of nitrogens with zero attached hydrogens (tertiary/aromatic N) is 4. The zero-order valence-electron chi connectivity index (χ0n) is 11.7. The molecule has 1 aliphatic rings. The molecule has 1 atom stereocenters. The number of nitrogens with one attached hydrogen (secondary N) is 1. The Balaban J connectivity index is 1.76. The first-order valence-corrected chi connectivity index (χ1v) is 9.43. The lowest BCUT2D eigenvalue weighted by atomic mass is 9.95. The number of aromatic amines is 1. The van der Waals surface area contributed by atoms with Gasteiger partial charge in [-0.1, -0.05) is 4.49 Å². The third-order valence-corrected chi connectivity index (χ3v) is 6.19. The summed E-state index contributed by atoms with van der Waals surface area (Å²) in [6.45, 7) is 2.52. The van der Waals surface area contributed by atoms with E-state index in [4.69, 9.17) is 0 Å². The van der Waals surface area contributed by atoms with E-state index in [9.17, 15) is 8.42 Å². The van der Waals surface area contributed by atoms with Gasteiger partial charge in [-0.25, -0.2) is 13.4 Å². The second-order valence-electron chi connectivity index (χ2n) is 5.33. The number of piperidine rings is 1. The maximum Gasteiger partial charge on any atom is 0.188 e. The summed E-state index contributed by atoms with van der Waals surface area (Å²) < 4.78 is 27.7. The third kappa shape index (κ3) is 3.30. The summed E-state index contributed by atoms with van der Waals surface area (Å²) in [5.74, 6) is 1.05. The predicted octanol–water partition coefficient (Wildman–Crippen LogP) is 1.04. The van der Waals surface area contributed by atoms with Crippen LogP contribution >= 0.6 is 11.5 Å². The molecule has 3 rings (SSSR count). The Hall–Kier alpha value is -1.32. The average Bonchev–Trinajstić information content (AvgIpc) is 3.08. The highest BCUT2D eigenvalue weighted by Crippen LogP contribution is 2.31. The zero-order chi connectivity index (χ0) is 14.9. The molecule has 0 bridgehead atoms. The molecule has 0 radical (unpaired) electrons. The van der Waals surface area contributed by atoms with Gasteiger partial charge in [-0.05, 0) is 19.4 Å². The van der Waals surface area contributed by atoms with Crippen LogP contribution < -0.4 is 0 Å². The van der Waals surface area contributed by atoms with Crippen LogP contribution in [0.5, 0.6) is 0 Å². The molecule has 1 saturated heterocycles. The van der Waals surface area contributed by atoms with Gasteiger partial charge in [0.15, 0.2) is 14.0 Å². The van der Waals surface area contributed by atoms with E-state index in [0.29, 0.717) is 9.90 Å². The van der Waals surface area contributed by atoms with Crippen molar-refractivity contribution in [3.8, 4) is 0 Å². The molecule has 0 spiro atoms. The van der Waals surface area contributed by atoms with Crippen molar-refractivity contribution >= 4 is 21.4 Å². The van der Waals surface area contributed by atoms with Crippen molar-refractivity contribution in [3.63, 3.8) is 0 Å². The topological polar surface area (TPSA) is 91.8 Å². The summed E-state index contributed by atoms with van der Waals surface area (Å²) >= 11 is 0.971. The smallest absolute Gasteiger partial charge is 0.188 e. The van der Waals surface area contributed by atoms with E-state index in [1.54, 1.807) is 6.20 Å². The van der Waals surface area contributed by atoms with Crippen LogP contribution in [-0.4, -0.2) is 52.2 Å². The van der Waals surface area contributed by atoms with Crippen LogP contribution in [0.4, 0.5) is 0 Å². The maximum absolute atomic E-state index is 11.8. The molecule has 1 fully saturated rings. The van der Waals surface area contributed by atoms with E-state index in [1.807, 2.05) is 6.20 Å². The highest BCUT2D eigenvalue weighted by molar-refractivity contribution is 7.92. The molecule has 0 amide bonds. The molecule has 2 aromatic heterocycles. The number of hydrogen-bond donors (Lipinski definition) is 1. The summed E-state index contributed by atoms with van der Waals surface area (Å²) in [4.78, 5) is 9.61. The quantitative estimate of drug-likeness (QED) is 0.902. The number of likely N-dealkylation sites (tertiary alicyclic amines) is 1. The molecule has 21 heavy (non-hydrogen) atoms. The van der Waals surface area contributed by atoms with E-state index in [2.05, 4.69) is 24.5 Å². The van der Waals surface area contributed by atoms with E-state index in [-0.39, 0.29) is 5.92 Å². The average molecular weight is 327 g/mol. The van der Waals surface area contributed by atoms with Crippen molar-refractivity contribution in [2.75, 3.05) is 19.3 Å². The summed E-state index contributed by atoms with van der Waals surface area (Å²) in [7, 11) is -3.25. The van der Waals surface area contributed by atoms with Crippen LogP contribution in [-0.2, 0) is 16.4 Å². The van der Waals surface area contributed by atoms with Crippen molar-refractivity contribution < 1.29 is 8.42 Å². The fourth-order valence-electron chi connectivity index (χ4n) is 2.71. The predicted molar refractivity (Wildman–Crippen MR) is 78.9 cm³/mol. The van der Waals surface area contributed by atoms with Gasteiger partial charge in [0, 0.05) is 42.6 Å². The maximum atomic E-state index is 11.8. The van der Waals surface area contributed by atoms with Gasteiger partial charge in [0.25, 0.3) is 0 Å². The Bertz CT molecular complexity index is 695. The van der Waals surface area contributed by atoms with Crippen molar-refractivity contribution in [1.29, 1.82) is 0 Å². The van der Waals surface area contributed by atoms with E-state index >= 15 is 0 Å². The Morgan fingerprint density at radius 2 is 2.38 bits per heavy atom. The van der Waals surface area contributed by atoms with Crippen LogP contribution in [0, 0.1) is 0 Å². The van der Waals surface area contributed by atoms with Crippen molar-refractivity contribution in [3.05, 3.63) is 23.9 Å². The lowest BCUT2D eigenvalue weighted by molar-refractivity contribution is 0.193. The van der Waals surface area contributed by atoms with Gasteiger partial charge in [0.05, 0.1) is 12.2 Å². The number of imidazole rings is 1. The Kier molecular flexibility index (Phi) is 4.05. The largest absolute Gasteiger partial charge is 0.348 e. The molecule has 0 saturated carbocycles. The number of aromatic nitrogens is 4. The second-order valence-corrected chi connectivity index (χ2v) is 8.29. The molecule has 1 N–H and O–H groups in total. The molecular formula is C12H17N5O2S2. The third-order valence-electron chi connectivity index (χ3n) is 3.64. The van der Waals surface area contributed by atoms with E-state index in [1.165, 1.54) is 6.26 Å². The molecule has 0 unspecified atom stereocenters. The number of sulfone groups is 1. The molecule has 1 aliphatic heterocycles. The Morgan fingerprint density at radius 3 is 3.10 bits per heavy atom. The van der Waals surface area contributed by atoms with Crippen LogP contribution in [0.2, 0.25) is 0 Å². The van der Waals surface area contributed by atoms with Crippen molar-refractivity contribution in [2.24, 2.45) is 0 Å². The highest BCUT2D eigenvalue weighted by atomic mass is 32.2. The van der Waals surface area contributed by atoms with Crippen molar-refractivity contribution in [1.82, 2.24) is 24.5 Å². The first kappa shape index (κ1) is 14.6. The van der Waals surface area contributed by atoms with Crippen LogP contribution in [0.3, 0.4) is 0 Å². The summed E-state index contributed by atoms with van der Waals surface area (Å²) in [6, 6.07) is 0. The van der Waals surface area contributed by atoms with Crippen LogP contribution in [0.1, 0.15) is 30.3 Å². The van der Waals surface area contributed by atoms with Crippen LogP contribution in [0.15, 0.2) is 16.6 Å². The highest BCUT2D eigenvalue weighted by Gasteiger charge is 2.29. The van der Waals surface area contributed by atoms with Crippen LogP contribution in [0.25, 0.3) is 0 Å². The molecule has 9 heteroatoms. The number of rotatable bonds is 4. The van der Waals surface area contributed by atoms with Gasteiger partial charge in [0.1, 0.15) is 5.82 Å². The molecule has 0 aromatic carbocycles. The molecule has 3 heterocycles. The first-order chi connectivity index (χ1) is 10.0. The van der Waals surface area contributed by atoms with E-state index < -0.39 is 9.84 Å².